The molecular weight excluding hydrogens is 429 g/mol. The molecule has 1 unspecified atom stereocenters. The highest BCUT2D eigenvalue weighted by Crippen LogP contribution is 2.42. The fourth-order valence-electron chi connectivity index (χ4n) is 2.46. The maximum atomic E-state index is 13.6. The molecule has 30 heavy (non-hydrogen) atoms. The third kappa shape index (κ3) is 5.64. The fourth-order valence-corrected chi connectivity index (χ4v) is 3.43. The Balaban J connectivity index is 2.19. The van der Waals surface area contributed by atoms with Crippen molar-refractivity contribution in [3.05, 3.63) is 48.3 Å². The molecule has 0 aliphatic heterocycles. The molecule has 0 aliphatic carbocycles. The van der Waals surface area contributed by atoms with E-state index in [1.54, 1.807) is 12.3 Å². The monoisotopic (exact) mass is 448 g/mol. The van der Waals surface area contributed by atoms with Gasteiger partial charge in [0.2, 0.25) is 0 Å². The Labute approximate surface area is 169 Å². The van der Waals surface area contributed by atoms with E-state index in [0.717, 1.165) is 12.1 Å². The Hall–Kier alpha value is -2.77. The summed E-state index contributed by atoms with van der Waals surface area (Å²) in [6.45, 7) is 0. The van der Waals surface area contributed by atoms with Crippen molar-refractivity contribution in [1.82, 2.24) is 9.78 Å². The minimum atomic E-state index is -5.16. The maximum absolute atomic E-state index is 13.6. The summed E-state index contributed by atoms with van der Waals surface area (Å²) in [7, 11) is -4.40. The number of rotatable bonds is 9. The lowest BCUT2D eigenvalue weighted by Gasteiger charge is -2.30. The van der Waals surface area contributed by atoms with Crippen LogP contribution >= 0.6 is 0 Å². The molecule has 0 fully saturated rings. The summed E-state index contributed by atoms with van der Waals surface area (Å²) in [5, 5.41) is 22.9. The number of aromatic nitrogens is 2. The van der Waals surface area contributed by atoms with Crippen LogP contribution in [0.4, 0.5) is 13.2 Å². The predicted molar refractivity (Wildman–Crippen MR) is 101 cm³/mol. The van der Waals surface area contributed by atoms with Crippen LogP contribution in [-0.2, 0) is 20.4 Å². The molecule has 0 amide bonds. The number of aliphatic carboxylic acids is 1. The van der Waals surface area contributed by atoms with Gasteiger partial charge in [-0.3, -0.25) is 4.79 Å². The normalized spacial score (nSPS) is 15.8. The van der Waals surface area contributed by atoms with Gasteiger partial charge < -0.3 is 15.9 Å². The van der Waals surface area contributed by atoms with Crippen LogP contribution in [0.1, 0.15) is 18.4 Å². The van der Waals surface area contributed by atoms with Gasteiger partial charge in [0.25, 0.3) is 10.0 Å². The van der Waals surface area contributed by atoms with Crippen molar-refractivity contribution in [2.75, 3.05) is 5.75 Å². The summed E-state index contributed by atoms with van der Waals surface area (Å²) in [5.41, 5.74) is 1.66. The van der Waals surface area contributed by atoms with Crippen molar-refractivity contribution in [2.45, 2.75) is 30.7 Å². The zero-order chi connectivity index (χ0) is 22.6. The van der Waals surface area contributed by atoms with Crippen LogP contribution in [0.15, 0.2) is 47.1 Å². The molecule has 4 N–H and O–H groups in total. The number of sulfonamides is 1. The van der Waals surface area contributed by atoms with Gasteiger partial charge in [0.1, 0.15) is 6.04 Å². The van der Waals surface area contributed by atoms with Gasteiger partial charge in [-0.05, 0) is 23.8 Å². The van der Waals surface area contributed by atoms with Crippen molar-refractivity contribution >= 4 is 22.2 Å². The summed E-state index contributed by atoms with van der Waals surface area (Å²) < 4.78 is 69.2. The Morgan fingerprint density at radius 3 is 2.43 bits per heavy atom. The highest BCUT2D eigenvalue weighted by atomic mass is 32.2. The average Bonchev–Trinajstić information content (AvgIpc) is 3.20. The van der Waals surface area contributed by atoms with Crippen LogP contribution in [-0.4, -0.2) is 58.6 Å². The minimum Gasteiger partial charge on any atom is -0.480 e. The Bertz CT molecular complexity index is 991. The number of hydrogen-bond acceptors (Lipinski definition) is 6. The molecule has 13 heteroatoms. The van der Waals surface area contributed by atoms with E-state index < -0.39 is 58.0 Å². The molecule has 0 saturated heterocycles. The van der Waals surface area contributed by atoms with Crippen molar-refractivity contribution in [3.8, 4) is 5.69 Å². The summed E-state index contributed by atoms with van der Waals surface area (Å²) in [4.78, 5) is 10.6. The van der Waals surface area contributed by atoms with Crippen LogP contribution in [0, 0.1) is 0 Å². The maximum Gasteiger partial charge on any atom is 0.421 e. The Kier molecular flexibility index (Phi) is 7.00. The predicted octanol–water partition coefficient (Wildman–Crippen LogP) is 1.21. The molecule has 0 aliphatic rings. The van der Waals surface area contributed by atoms with Gasteiger partial charge >= 0.3 is 12.1 Å². The molecule has 0 spiro atoms. The highest BCUT2D eigenvalue weighted by Gasteiger charge is 2.55. The van der Waals surface area contributed by atoms with Gasteiger partial charge in [0, 0.05) is 31.4 Å². The van der Waals surface area contributed by atoms with Crippen LogP contribution in [0.25, 0.3) is 5.69 Å². The zero-order valence-electron chi connectivity index (χ0n) is 15.4. The van der Waals surface area contributed by atoms with E-state index in [2.05, 4.69) is 9.50 Å². The number of nitrogens with zero attached hydrogens (tertiary/aromatic N) is 3. The van der Waals surface area contributed by atoms with Gasteiger partial charge in [-0.2, -0.15) is 22.7 Å². The van der Waals surface area contributed by atoms with Crippen LogP contribution in [0.2, 0.25) is 0 Å². The number of aliphatic hydroxyl groups is 1. The Morgan fingerprint density at radius 1 is 1.30 bits per heavy atom. The largest absolute Gasteiger partial charge is 0.480 e. The molecule has 0 radical (unpaired) electrons. The minimum absolute atomic E-state index is 0.424. The molecule has 2 atom stereocenters. The quantitative estimate of drug-likeness (QED) is 0.489. The van der Waals surface area contributed by atoms with Crippen LogP contribution in [0.5, 0.6) is 0 Å². The van der Waals surface area contributed by atoms with Gasteiger partial charge in [0.05, 0.1) is 11.4 Å². The standard InChI is InChI=1S/C17H19F3N4O5S/c18-17(19,20)16(27,7-11-30(28,29)23-9-6-14(21)15(25)26)12-2-4-13(5-3-12)24-10-1-8-22-24/h1-5,8-10,14,27H,6-7,11,21H2,(H,25,26)/t14-,16?/m0/s1. The topological polar surface area (TPSA) is 148 Å². The number of carboxylic acids is 1. The first-order chi connectivity index (χ1) is 13.9. The van der Waals surface area contributed by atoms with E-state index in [4.69, 9.17) is 10.8 Å². The molecule has 164 valence electrons. The fraction of sp³-hybridized carbons (Fsp3) is 0.353. The number of alkyl halides is 3. The van der Waals surface area contributed by atoms with E-state index in [1.807, 2.05) is 0 Å². The number of nitrogens with two attached hydrogens (primary N) is 1. The number of carbonyl (C=O) groups is 1. The van der Waals surface area contributed by atoms with Crippen molar-refractivity contribution < 1.29 is 36.6 Å². The summed E-state index contributed by atoms with van der Waals surface area (Å²) in [6, 6.07) is 4.90. The van der Waals surface area contributed by atoms with E-state index >= 15 is 0 Å². The summed E-state index contributed by atoms with van der Waals surface area (Å²) in [6.07, 6.45) is -3.03. The SMILES string of the molecule is N[C@@H](CC=NS(=O)(=O)CCC(O)(c1ccc(-n2cccn2)cc1)C(F)(F)F)C(=O)O. The van der Waals surface area contributed by atoms with Crippen molar-refractivity contribution in [1.29, 1.82) is 0 Å². The number of carboxylic acid groups (broad SMARTS) is 1. The molecular formula is C17H19F3N4O5S. The lowest BCUT2D eigenvalue weighted by atomic mass is 9.90. The van der Waals surface area contributed by atoms with Crippen molar-refractivity contribution in [2.24, 2.45) is 10.1 Å². The van der Waals surface area contributed by atoms with Gasteiger partial charge in [-0.25, -0.2) is 13.1 Å². The second-order valence-electron chi connectivity index (χ2n) is 6.36. The number of halogens is 3. The van der Waals surface area contributed by atoms with Crippen LogP contribution in [0.3, 0.4) is 0 Å². The Morgan fingerprint density at radius 2 is 1.93 bits per heavy atom. The highest BCUT2D eigenvalue weighted by molar-refractivity contribution is 7.90. The molecule has 0 bridgehead atoms. The molecule has 2 aromatic rings. The lowest BCUT2D eigenvalue weighted by Crippen LogP contribution is -2.43. The number of benzene rings is 1. The van der Waals surface area contributed by atoms with Crippen molar-refractivity contribution in [3.63, 3.8) is 0 Å². The van der Waals surface area contributed by atoms with E-state index in [1.165, 1.54) is 23.0 Å². The third-order valence-electron chi connectivity index (χ3n) is 4.22. The van der Waals surface area contributed by atoms with E-state index in [9.17, 15) is 31.5 Å². The summed E-state index contributed by atoms with van der Waals surface area (Å²) in [5.74, 6) is -2.51. The second kappa shape index (κ2) is 8.93. The van der Waals surface area contributed by atoms with Gasteiger partial charge in [-0.15, -0.1) is 0 Å². The molecule has 0 saturated carbocycles. The average molecular weight is 448 g/mol. The first-order valence-electron chi connectivity index (χ1n) is 8.50. The third-order valence-corrected chi connectivity index (χ3v) is 5.41. The smallest absolute Gasteiger partial charge is 0.421 e. The first-order valence-corrected chi connectivity index (χ1v) is 10.1. The molecule has 1 aromatic heterocycles. The van der Waals surface area contributed by atoms with E-state index in [-0.39, 0.29) is 0 Å². The molecule has 2 rings (SSSR count). The summed E-state index contributed by atoms with van der Waals surface area (Å²) >= 11 is 0. The number of hydrogen-bond donors (Lipinski definition) is 3. The molecule has 1 aromatic carbocycles. The first kappa shape index (κ1) is 23.5. The molecule has 9 nitrogen and oxygen atoms in total. The van der Waals surface area contributed by atoms with Gasteiger partial charge in [0.15, 0.2) is 5.60 Å². The molecule has 1 heterocycles. The zero-order valence-corrected chi connectivity index (χ0v) is 16.2. The van der Waals surface area contributed by atoms with Crippen LogP contribution < -0.4 is 5.73 Å². The van der Waals surface area contributed by atoms with E-state index in [0.29, 0.717) is 11.9 Å². The van der Waals surface area contributed by atoms with Gasteiger partial charge in [-0.1, -0.05) is 12.1 Å². The second-order valence-corrected chi connectivity index (χ2v) is 8.14. The lowest BCUT2D eigenvalue weighted by molar-refractivity contribution is -0.267.